The number of sulfonamides is 1. The third-order valence-corrected chi connectivity index (χ3v) is 3.33. The molecule has 1 aromatic carbocycles. The van der Waals surface area contributed by atoms with Crippen molar-refractivity contribution in [3.8, 4) is 0 Å². The number of nitrogens with zero attached hydrogens (tertiary/aromatic N) is 2. The zero-order chi connectivity index (χ0) is 12.3. The minimum absolute atomic E-state index is 0. The van der Waals surface area contributed by atoms with E-state index < -0.39 is 10.0 Å². The van der Waals surface area contributed by atoms with Gasteiger partial charge in [-0.2, -0.15) is 0 Å². The molecule has 3 N–H and O–H groups in total. The summed E-state index contributed by atoms with van der Waals surface area (Å²) in [4.78, 5) is 7.67. The van der Waals surface area contributed by atoms with Crippen LogP contribution in [-0.4, -0.2) is 77.5 Å². The van der Waals surface area contributed by atoms with Gasteiger partial charge in [0.1, 0.15) is 0 Å². The molecule has 0 fully saturated rings. The van der Waals surface area contributed by atoms with E-state index in [9.17, 15) is 8.42 Å². The van der Waals surface area contributed by atoms with Crippen LogP contribution in [0.4, 0.5) is 11.6 Å². The Bertz CT molecular complexity index is 605. The Hall–Kier alpha value is -0.150. The molecule has 6 nitrogen and oxygen atoms in total. The SMILES string of the molecule is Nc1ccc(S(=O)(=O)Nc2ncccn2)cc1.[NaH].[NaH]. The van der Waals surface area contributed by atoms with Crippen LogP contribution in [0.15, 0.2) is 47.6 Å². The average molecular weight is 298 g/mol. The van der Waals surface area contributed by atoms with Crippen molar-refractivity contribution >= 4 is 80.8 Å². The molecule has 1 aromatic heterocycles. The summed E-state index contributed by atoms with van der Waals surface area (Å²) in [6.07, 6.45) is 2.90. The number of nitrogen functional groups attached to an aromatic ring is 1. The predicted octanol–water partition coefficient (Wildman–Crippen LogP) is -0.437. The molecule has 0 radical (unpaired) electrons. The summed E-state index contributed by atoms with van der Waals surface area (Å²) < 4.78 is 26.0. The van der Waals surface area contributed by atoms with E-state index in [-0.39, 0.29) is 70.0 Å². The van der Waals surface area contributed by atoms with E-state index in [0.29, 0.717) is 5.69 Å². The maximum atomic E-state index is 11.9. The number of nitrogens with one attached hydrogen (secondary N) is 1. The molecule has 0 saturated carbocycles. The van der Waals surface area contributed by atoms with Gasteiger partial charge in [0, 0.05) is 18.1 Å². The topological polar surface area (TPSA) is 98.0 Å². The van der Waals surface area contributed by atoms with Crippen molar-refractivity contribution in [3.63, 3.8) is 0 Å². The second kappa shape index (κ2) is 8.21. The summed E-state index contributed by atoms with van der Waals surface area (Å²) in [7, 11) is -3.66. The van der Waals surface area contributed by atoms with Crippen LogP contribution in [0.5, 0.6) is 0 Å². The van der Waals surface area contributed by atoms with Crippen molar-refractivity contribution in [3.05, 3.63) is 42.7 Å². The summed E-state index contributed by atoms with van der Waals surface area (Å²) in [6, 6.07) is 7.46. The minimum atomic E-state index is -3.66. The van der Waals surface area contributed by atoms with Gasteiger partial charge >= 0.3 is 59.1 Å². The van der Waals surface area contributed by atoms with Crippen LogP contribution in [0.25, 0.3) is 0 Å². The van der Waals surface area contributed by atoms with Crippen molar-refractivity contribution < 1.29 is 8.42 Å². The van der Waals surface area contributed by atoms with Crippen molar-refractivity contribution in [2.24, 2.45) is 0 Å². The van der Waals surface area contributed by atoms with Gasteiger partial charge in [-0.25, -0.2) is 23.1 Å². The van der Waals surface area contributed by atoms with Crippen LogP contribution < -0.4 is 10.5 Å². The fourth-order valence-electron chi connectivity index (χ4n) is 1.18. The number of hydrogen-bond acceptors (Lipinski definition) is 5. The van der Waals surface area contributed by atoms with Gasteiger partial charge in [-0.3, -0.25) is 0 Å². The second-order valence-corrected chi connectivity index (χ2v) is 4.93. The van der Waals surface area contributed by atoms with Gasteiger partial charge in [0.25, 0.3) is 10.0 Å². The van der Waals surface area contributed by atoms with Crippen LogP contribution in [0, 0.1) is 0 Å². The Balaban J connectivity index is 0.00000162. The molecule has 2 aromatic rings. The number of aromatic nitrogens is 2. The second-order valence-electron chi connectivity index (χ2n) is 3.25. The molecule has 0 saturated heterocycles. The predicted molar refractivity (Wildman–Crippen MR) is 78.0 cm³/mol. The zero-order valence-electron chi connectivity index (χ0n) is 8.74. The number of benzene rings is 1. The molecule has 0 atom stereocenters. The van der Waals surface area contributed by atoms with Crippen molar-refractivity contribution in [2.45, 2.75) is 4.90 Å². The summed E-state index contributed by atoms with van der Waals surface area (Å²) in [6.45, 7) is 0. The molecule has 92 valence electrons. The molecular formula is C10H12N4Na2O2S. The number of anilines is 2. The summed E-state index contributed by atoms with van der Waals surface area (Å²) >= 11 is 0. The molecule has 0 bridgehead atoms. The number of hydrogen-bond donors (Lipinski definition) is 2. The summed E-state index contributed by atoms with van der Waals surface area (Å²) in [5.41, 5.74) is 5.98. The maximum absolute atomic E-state index is 11.9. The van der Waals surface area contributed by atoms with Crippen molar-refractivity contribution in [1.29, 1.82) is 0 Å². The van der Waals surface area contributed by atoms with Crippen LogP contribution >= 0.6 is 0 Å². The van der Waals surface area contributed by atoms with Gasteiger partial charge in [0.15, 0.2) is 0 Å². The Morgan fingerprint density at radius 2 is 1.53 bits per heavy atom. The average Bonchev–Trinajstić information content (AvgIpc) is 2.30. The Morgan fingerprint density at radius 1 is 1.00 bits per heavy atom. The zero-order valence-corrected chi connectivity index (χ0v) is 9.55. The van der Waals surface area contributed by atoms with Crippen molar-refractivity contribution in [2.75, 3.05) is 10.5 Å². The molecule has 19 heavy (non-hydrogen) atoms. The van der Waals surface area contributed by atoms with Gasteiger partial charge in [0.2, 0.25) is 5.95 Å². The Labute approximate surface area is 155 Å². The first-order valence-corrected chi connectivity index (χ1v) is 6.22. The van der Waals surface area contributed by atoms with E-state index >= 15 is 0 Å². The quantitative estimate of drug-likeness (QED) is 0.591. The first kappa shape index (κ1) is 18.9. The monoisotopic (exact) mass is 298 g/mol. The molecule has 0 aliphatic rings. The van der Waals surface area contributed by atoms with E-state index in [2.05, 4.69) is 14.7 Å². The normalized spacial score (nSPS) is 9.89. The molecule has 2 rings (SSSR count). The van der Waals surface area contributed by atoms with Crippen LogP contribution in [0.2, 0.25) is 0 Å². The molecule has 9 heteroatoms. The van der Waals surface area contributed by atoms with E-state index in [1.54, 1.807) is 6.07 Å². The summed E-state index contributed by atoms with van der Waals surface area (Å²) in [5.74, 6) is 0.0318. The molecule has 0 amide bonds. The number of nitrogens with two attached hydrogens (primary N) is 1. The van der Waals surface area contributed by atoms with Gasteiger partial charge in [0.05, 0.1) is 4.90 Å². The van der Waals surface area contributed by atoms with E-state index in [0.717, 1.165) is 0 Å². The molecule has 0 spiro atoms. The summed E-state index contributed by atoms with van der Waals surface area (Å²) in [5, 5.41) is 0. The Kier molecular flexibility index (Phi) is 8.14. The van der Waals surface area contributed by atoms with Crippen LogP contribution in [0.1, 0.15) is 0 Å². The molecular weight excluding hydrogens is 286 g/mol. The van der Waals surface area contributed by atoms with Crippen LogP contribution in [-0.2, 0) is 10.0 Å². The first-order chi connectivity index (χ1) is 8.08. The van der Waals surface area contributed by atoms with Crippen LogP contribution in [0.3, 0.4) is 0 Å². The van der Waals surface area contributed by atoms with E-state index in [4.69, 9.17) is 5.73 Å². The molecule has 0 aliphatic carbocycles. The fourth-order valence-corrected chi connectivity index (χ4v) is 2.14. The van der Waals surface area contributed by atoms with Gasteiger partial charge in [-0.05, 0) is 30.3 Å². The molecule has 0 aliphatic heterocycles. The third kappa shape index (κ3) is 5.39. The fraction of sp³-hybridized carbons (Fsp3) is 0. The first-order valence-electron chi connectivity index (χ1n) is 4.73. The van der Waals surface area contributed by atoms with E-state index in [1.807, 2.05) is 0 Å². The van der Waals surface area contributed by atoms with Gasteiger partial charge < -0.3 is 5.73 Å². The van der Waals surface area contributed by atoms with Crippen molar-refractivity contribution in [1.82, 2.24) is 9.97 Å². The van der Waals surface area contributed by atoms with Gasteiger partial charge in [-0.1, -0.05) is 0 Å². The number of rotatable bonds is 3. The van der Waals surface area contributed by atoms with E-state index in [1.165, 1.54) is 36.7 Å². The molecule has 1 heterocycles. The molecule has 0 unspecified atom stereocenters. The van der Waals surface area contributed by atoms with Gasteiger partial charge in [-0.15, -0.1) is 0 Å². The standard InChI is InChI=1S/C10H10N4O2S.2Na.2H/c11-8-2-4-9(5-3-8)17(15,16)14-10-12-6-1-7-13-10;;;;/h1-7H,11H2,(H,12,13,14);;;;. The Morgan fingerprint density at radius 3 is 2.05 bits per heavy atom. The third-order valence-electron chi connectivity index (χ3n) is 1.98.